The van der Waals surface area contributed by atoms with Crippen LogP contribution >= 0.6 is 34.8 Å². The summed E-state index contributed by atoms with van der Waals surface area (Å²) < 4.78 is 0. The van der Waals surface area contributed by atoms with Gasteiger partial charge in [0.1, 0.15) is 5.02 Å². The van der Waals surface area contributed by atoms with Crippen molar-refractivity contribution in [3.63, 3.8) is 0 Å². The molecule has 1 amide bonds. The highest BCUT2D eigenvalue weighted by molar-refractivity contribution is 6.35. The molecule has 0 bridgehead atoms. The summed E-state index contributed by atoms with van der Waals surface area (Å²) >= 11 is 18.7. The van der Waals surface area contributed by atoms with Crippen LogP contribution in [0.1, 0.15) is 37.8 Å². The number of carbonyl (C=O) groups excluding carboxylic acids is 1. The minimum atomic E-state index is -0.130. The molecular formula is C21H25Cl3N6O. The van der Waals surface area contributed by atoms with Crippen molar-refractivity contribution < 1.29 is 4.79 Å². The van der Waals surface area contributed by atoms with Crippen molar-refractivity contribution in [1.82, 2.24) is 20.6 Å². The summed E-state index contributed by atoms with van der Waals surface area (Å²) in [5.41, 5.74) is 0.895. The summed E-state index contributed by atoms with van der Waals surface area (Å²) in [6.45, 7) is 4.31. The lowest BCUT2D eigenvalue weighted by molar-refractivity contribution is -0.123. The van der Waals surface area contributed by atoms with Gasteiger partial charge in [0.05, 0.1) is 18.3 Å². The molecule has 1 aromatic carbocycles. The number of carbonyl (C=O) groups is 1. The molecule has 2 aliphatic heterocycles. The molecule has 3 heterocycles. The maximum atomic E-state index is 12.4. The van der Waals surface area contributed by atoms with Crippen molar-refractivity contribution in [2.24, 2.45) is 0 Å². The molecule has 0 aliphatic carbocycles. The van der Waals surface area contributed by atoms with E-state index in [0.29, 0.717) is 33.4 Å². The van der Waals surface area contributed by atoms with Gasteiger partial charge in [-0.2, -0.15) is 4.98 Å². The number of nitrogens with zero attached hydrogens (tertiary/aromatic N) is 3. The molecule has 2 saturated heterocycles. The third-order valence-corrected chi connectivity index (χ3v) is 6.55. The molecule has 3 N–H and O–H groups in total. The van der Waals surface area contributed by atoms with Gasteiger partial charge in [-0.15, -0.1) is 0 Å². The number of hydrogen-bond donors (Lipinski definition) is 3. The summed E-state index contributed by atoms with van der Waals surface area (Å²) in [4.78, 5) is 23.5. The van der Waals surface area contributed by atoms with Crippen LogP contribution in [0, 0.1) is 0 Å². The van der Waals surface area contributed by atoms with Crippen molar-refractivity contribution >= 4 is 52.5 Å². The fourth-order valence-electron chi connectivity index (χ4n) is 4.02. The first-order chi connectivity index (χ1) is 14.9. The number of aromatic nitrogens is 2. The summed E-state index contributed by atoms with van der Waals surface area (Å²) in [5.74, 6) is 1.20. The zero-order valence-electron chi connectivity index (χ0n) is 17.2. The third-order valence-electron chi connectivity index (χ3n) is 5.71. The molecule has 10 heteroatoms. The van der Waals surface area contributed by atoms with E-state index in [0.717, 1.165) is 37.9 Å². The maximum absolute atomic E-state index is 12.4. The van der Waals surface area contributed by atoms with E-state index in [1.807, 2.05) is 13.0 Å². The number of hydrogen-bond acceptors (Lipinski definition) is 6. The van der Waals surface area contributed by atoms with Crippen LogP contribution in [-0.4, -0.2) is 47.6 Å². The molecule has 7 nitrogen and oxygen atoms in total. The maximum Gasteiger partial charge on any atom is 0.237 e. The van der Waals surface area contributed by atoms with Crippen molar-refractivity contribution in [2.45, 2.75) is 44.3 Å². The second-order valence-electron chi connectivity index (χ2n) is 7.99. The molecule has 1 aromatic heterocycles. The highest BCUT2D eigenvalue weighted by Crippen LogP contribution is 2.31. The average molecular weight is 484 g/mol. The Bertz CT molecular complexity index is 953. The van der Waals surface area contributed by atoms with E-state index in [2.05, 4.69) is 30.8 Å². The van der Waals surface area contributed by atoms with Gasteiger partial charge in [0.2, 0.25) is 11.9 Å². The van der Waals surface area contributed by atoms with Crippen molar-refractivity contribution in [3.05, 3.63) is 45.0 Å². The van der Waals surface area contributed by atoms with Gasteiger partial charge in [0, 0.05) is 29.2 Å². The zero-order chi connectivity index (χ0) is 22.0. The summed E-state index contributed by atoms with van der Waals surface area (Å²) in [6.07, 6.45) is 4.39. The quantitative estimate of drug-likeness (QED) is 0.575. The van der Waals surface area contributed by atoms with Crippen LogP contribution < -0.4 is 20.9 Å². The molecule has 0 unspecified atom stereocenters. The second-order valence-corrected chi connectivity index (χ2v) is 9.24. The van der Waals surface area contributed by atoms with E-state index >= 15 is 0 Å². The Hall–Kier alpha value is -1.80. The number of benzene rings is 1. The number of halogens is 3. The Morgan fingerprint density at radius 3 is 2.84 bits per heavy atom. The highest BCUT2D eigenvalue weighted by Gasteiger charge is 2.29. The summed E-state index contributed by atoms with van der Waals surface area (Å²) in [6, 6.07) is 5.27. The van der Waals surface area contributed by atoms with Crippen molar-refractivity contribution in [1.29, 1.82) is 0 Å². The molecular weight excluding hydrogens is 459 g/mol. The van der Waals surface area contributed by atoms with Gasteiger partial charge in [0.15, 0.2) is 5.82 Å². The van der Waals surface area contributed by atoms with E-state index in [1.165, 1.54) is 0 Å². The van der Waals surface area contributed by atoms with E-state index in [-0.39, 0.29) is 24.0 Å². The van der Waals surface area contributed by atoms with Crippen LogP contribution in [0.5, 0.6) is 0 Å². The summed E-state index contributed by atoms with van der Waals surface area (Å²) in [7, 11) is 0. The number of anilines is 2. The number of rotatable bonds is 6. The molecule has 0 spiro atoms. The van der Waals surface area contributed by atoms with Gasteiger partial charge in [-0.3, -0.25) is 4.79 Å². The third kappa shape index (κ3) is 5.34. The first kappa shape index (κ1) is 22.4. The Morgan fingerprint density at radius 1 is 1.26 bits per heavy atom. The second kappa shape index (κ2) is 9.77. The molecule has 0 radical (unpaired) electrons. The topological polar surface area (TPSA) is 82.2 Å². The zero-order valence-corrected chi connectivity index (χ0v) is 19.4. The lowest BCUT2D eigenvalue weighted by Crippen LogP contribution is -2.46. The highest BCUT2D eigenvalue weighted by atomic mass is 35.5. The fourth-order valence-corrected chi connectivity index (χ4v) is 4.73. The lowest BCUT2D eigenvalue weighted by atomic mass is 10.1. The van der Waals surface area contributed by atoms with Gasteiger partial charge in [0.25, 0.3) is 0 Å². The standard InChI is InChI=1S/C21H25Cl3N6O/c1-12(15-5-4-13(22)9-16(15)23)27-19-17(24)10-26-21(29-19)30-8-6-14(11-30)28-20(31)18-3-2-7-25-18/h4-5,9-10,12,14,18,25H,2-3,6-8,11H2,1H3,(H,28,31)(H,26,27,29)/t12-,14+,18-/m1/s1. The minimum absolute atomic E-state index is 0.0715. The SMILES string of the molecule is C[C@@H](Nc1nc(N2CC[C@H](NC(=O)[C@H]3CCCN3)C2)ncc1Cl)c1ccc(Cl)cc1Cl. The predicted octanol–water partition coefficient (Wildman–Crippen LogP) is 4.06. The van der Waals surface area contributed by atoms with Crippen molar-refractivity contribution in [3.8, 4) is 0 Å². The van der Waals surface area contributed by atoms with E-state index in [4.69, 9.17) is 34.8 Å². The average Bonchev–Trinajstić information content (AvgIpc) is 3.42. The number of nitrogens with one attached hydrogen (secondary N) is 3. The Kier molecular flexibility index (Phi) is 7.06. The van der Waals surface area contributed by atoms with Crippen LogP contribution in [0.4, 0.5) is 11.8 Å². The van der Waals surface area contributed by atoms with Gasteiger partial charge in [-0.05, 0) is 50.4 Å². The van der Waals surface area contributed by atoms with Gasteiger partial charge in [-0.25, -0.2) is 4.98 Å². The van der Waals surface area contributed by atoms with E-state index in [1.54, 1.807) is 18.3 Å². The van der Waals surface area contributed by atoms with Crippen LogP contribution in [-0.2, 0) is 4.79 Å². The smallest absolute Gasteiger partial charge is 0.237 e. The van der Waals surface area contributed by atoms with Gasteiger partial charge < -0.3 is 20.9 Å². The van der Waals surface area contributed by atoms with Crippen molar-refractivity contribution in [2.75, 3.05) is 29.9 Å². The Labute approximate surface area is 196 Å². The van der Waals surface area contributed by atoms with Gasteiger partial charge in [-0.1, -0.05) is 40.9 Å². The van der Waals surface area contributed by atoms with Crippen LogP contribution in [0.25, 0.3) is 0 Å². The monoisotopic (exact) mass is 482 g/mol. The Morgan fingerprint density at radius 2 is 2.10 bits per heavy atom. The summed E-state index contributed by atoms with van der Waals surface area (Å²) in [5, 5.41) is 11.3. The number of amides is 1. The predicted molar refractivity (Wildman–Crippen MR) is 125 cm³/mol. The molecule has 166 valence electrons. The molecule has 4 rings (SSSR count). The van der Waals surface area contributed by atoms with E-state index in [9.17, 15) is 4.79 Å². The molecule has 3 atom stereocenters. The molecule has 2 fully saturated rings. The molecule has 2 aromatic rings. The molecule has 2 aliphatic rings. The first-order valence-corrected chi connectivity index (χ1v) is 11.6. The van der Waals surface area contributed by atoms with Gasteiger partial charge >= 0.3 is 0 Å². The van der Waals surface area contributed by atoms with E-state index < -0.39 is 0 Å². The lowest BCUT2D eigenvalue weighted by Gasteiger charge is -2.21. The first-order valence-electron chi connectivity index (χ1n) is 10.4. The van der Waals surface area contributed by atoms with Crippen LogP contribution in [0.3, 0.4) is 0 Å². The fraction of sp³-hybridized carbons (Fsp3) is 0.476. The molecule has 0 saturated carbocycles. The minimum Gasteiger partial charge on any atom is -0.362 e. The Balaban J connectivity index is 1.41. The van der Waals surface area contributed by atoms with Crippen LogP contribution in [0.2, 0.25) is 15.1 Å². The largest absolute Gasteiger partial charge is 0.362 e. The molecule has 31 heavy (non-hydrogen) atoms. The van der Waals surface area contributed by atoms with Crippen LogP contribution in [0.15, 0.2) is 24.4 Å². The normalized spacial score (nSPS) is 21.9.